The number of benzene rings is 2. The number of nitrogens with zero attached hydrogens (tertiary/aromatic N) is 1. The predicted octanol–water partition coefficient (Wildman–Crippen LogP) is 4.84. The molecule has 1 atom stereocenters. The molecule has 0 amide bonds. The van der Waals surface area contributed by atoms with Crippen LogP contribution in [0.5, 0.6) is 0 Å². The Bertz CT molecular complexity index is 1100. The van der Waals surface area contributed by atoms with E-state index in [-0.39, 0.29) is 11.7 Å². The third-order valence-electron chi connectivity index (χ3n) is 5.78. The van der Waals surface area contributed by atoms with Gasteiger partial charge >= 0.3 is 0 Å². The van der Waals surface area contributed by atoms with E-state index >= 15 is 0 Å². The van der Waals surface area contributed by atoms with Crippen LogP contribution in [0.2, 0.25) is 0 Å². The number of hydrogen-bond donors (Lipinski definition) is 1. The Morgan fingerprint density at radius 3 is 2.54 bits per heavy atom. The fraction of sp³-hybridized carbons (Fsp3) is 0.217. The van der Waals surface area contributed by atoms with Gasteiger partial charge < -0.3 is 0 Å². The van der Waals surface area contributed by atoms with E-state index in [1.165, 1.54) is 6.07 Å². The molecule has 5 rings (SSSR count). The van der Waals surface area contributed by atoms with Gasteiger partial charge in [-0.25, -0.2) is 8.78 Å². The molecule has 0 saturated heterocycles. The summed E-state index contributed by atoms with van der Waals surface area (Å²) in [5, 5.41) is 7.30. The quantitative estimate of drug-likeness (QED) is 0.663. The second-order valence-corrected chi connectivity index (χ2v) is 7.58. The van der Waals surface area contributed by atoms with Crippen molar-refractivity contribution in [1.29, 1.82) is 0 Å². The van der Waals surface area contributed by atoms with Gasteiger partial charge in [-0.2, -0.15) is 5.10 Å². The van der Waals surface area contributed by atoms with Crippen LogP contribution in [0.15, 0.2) is 54.6 Å². The van der Waals surface area contributed by atoms with Crippen LogP contribution in [0.1, 0.15) is 45.7 Å². The van der Waals surface area contributed by atoms with Gasteiger partial charge in [-0.1, -0.05) is 48.6 Å². The van der Waals surface area contributed by atoms with Gasteiger partial charge in [0, 0.05) is 29.0 Å². The monoisotopic (exact) mass is 376 g/mol. The maximum Gasteiger partial charge on any atom is 0.186 e. The van der Waals surface area contributed by atoms with Crippen LogP contribution in [-0.4, -0.2) is 16.0 Å². The normalized spacial score (nSPS) is 20.8. The van der Waals surface area contributed by atoms with Crippen LogP contribution in [0.3, 0.4) is 0 Å². The molecule has 1 aromatic heterocycles. The molecule has 0 aliphatic heterocycles. The first-order chi connectivity index (χ1) is 13.6. The lowest BCUT2D eigenvalue weighted by Gasteiger charge is -2.34. The molecule has 3 nitrogen and oxygen atoms in total. The molecule has 3 aromatic rings. The highest BCUT2D eigenvalue weighted by Gasteiger charge is 2.39. The number of aromatic nitrogens is 2. The zero-order valence-corrected chi connectivity index (χ0v) is 15.1. The summed E-state index contributed by atoms with van der Waals surface area (Å²) in [4.78, 5) is 12.5. The average Bonchev–Trinajstić information content (AvgIpc) is 3.49. The average molecular weight is 376 g/mol. The third kappa shape index (κ3) is 2.61. The molecule has 1 N–H and O–H groups in total. The van der Waals surface area contributed by atoms with Crippen molar-refractivity contribution in [2.75, 3.05) is 0 Å². The molecule has 2 aliphatic carbocycles. The summed E-state index contributed by atoms with van der Waals surface area (Å²) < 4.78 is 27.6. The number of carbonyl (C=O) groups is 1. The first-order valence-corrected chi connectivity index (χ1v) is 9.40. The van der Waals surface area contributed by atoms with E-state index in [4.69, 9.17) is 0 Å². The highest BCUT2D eigenvalue weighted by molar-refractivity contribution is 6.01. The highest BCUT2D eigenvalue weighted by Crippen LogP contribution is 2.43. The van der Waals surface area contributed by atoms with Gasteiger partial charge in [0.2, 0.25) is 0 Å². The van der Waals surface area contributed by atoms with Crippen molar-refractivity contribution >= 4 is 11.9 Å². The molecule has 0 radical (unpaired) electrons. The maximum absolute atomic E-state index is 14.1. The molecule has 1 fully saturated rings. The maximum atomic E-state index is 14.1. The summed E-state index contributed by atoms with van der Waals surface area (Å²) in [6.45, 7) is 0. The second kappa shape index (κ2) is 6.23. The van der Waals surface area contributed by atoms with Crippen molar-refractivity contribution in [2.45, 2.75) is 24.7 Å². The lowest BCUT2D eigenvalue weighted by molar-refractivity contribution is 0.0962. The number of allylic oxidation sites excluding steroid dienone is 1. The van der Waals surface area contributed by atoms with Crippen molar-refractivity contribution in [3.8, 4) is 0 Å². The van der Waals surface area contributed by atoms with Crippen molar-refractivity contribution in [3.05, 3.63) is 94.3 Å². The smallest absolute Gasteiger partial charge is 0.186 e. The molecule has 1 unspecified atom stereocenters. The van der Waals surface area contributed by atoms with Crippen LogP contribution in [0.4, 0.5) is 8.78 Å². The van der Waals surface area contributed by atoms with E-state index < -0.39 is 17.0 Å². The summed E-state index contributed by atoms with van der Waals surface area (Å²) in [5.74, 6) is -1.57. The molecular formula is C23H18F2N2O. The van der Waals surface area contributed by atoms with Crippen molar-refractivity contribution < 1.29 is 13.6 Å². The molecule has 0 spiro atoms. The summed E-state index contributed by atoms with van der Waals surface area (Å²) >= 11 is 0. The van der Waals surface area contributed by atoms with Crippen LogP contribution in [-0.2, 0) is 11.8 Å². The standard InChI is InChI=1S/C23H18F2N2O/c24-18-9-8-16(12-19(18)25)23(15-4-2-1-3-5-15)11-10-17-20(13-23)26-27-21(17)22(28)14-6-7-14/h1-5,8-12,14H,6-7,13H2,(H,26,27). The second-order valence-electron chi connectivity index (χ2n) is 7.58. The number of halogens is 2. The van der Waals surface area contributed by atoms with Gasteiger partial charge in [-0.15, -0.1) is 0 Å². The van der Waals surface area contributed by atoms with Crippen LogP contribution in [0, 0.1) is 17.6 Å². The molecule has 1 saturated carbocycles. The Labute approximate surface area is 161 Å². The number of nitrogens with one attached hydrogen (secondary N) is 1. The van der Waals surface area contributed by atoms with Gasteiger partial charge in [0.1, 0.15) is 5.69 Å². The zero-order valence-electron chi connectivity index (χ0n) is 15.1. The number of hydrogen-bond acceptors (Lipinski definition) is 2. The van der Waals surface area contributed by atoms with Crippen molar-refractivity contribution in [3.63, 3.8) is 0 Å². The van der Waals surface area contributed by atoms with Crippen molar-refractivity contribution in [1.82, 2.24) is 10.2 Å². The topological polar surface area (TPSA) is 45.8 Å². The zero-order chi connectivity index (χ0) is 19.3. The molecule has 5 heteroatoms. The van der Waals surface area contributed by atoms with Gasteiger partial charge in [0.15, 0.2) is 17.4 Å². The van der Waals surface area contributed by atoms with E-state index in [2.05, 4.69) is 10.2 Å². The molecule has 140 valence electrons. The van der Waals surface area contributed by atoms with E-state index in [0.29, 0.717) is 17.7 Å². The van der Waals surface area contributed by atoms with Gasteiger partial charge in [0.05, 0.1) is 0 Å². The lowest BCUT2D eigenvalue weighted by Crippen LogP contribution is -2.31. The fourth-order valence-corrected chi connectivity index (χ4v) is 4.06. The Morgan fingerprint density at radius 2 is 1.82 bits per heavy atom. The number of rotatable bonds is 4. The minimum absolute atomic E-state index is 0.0854. The number of H-pyrrole nitrogens is 1. The number of ketones is 1. The first kappa shape index (κ1) is 17.0. The minimum Gasteiger partial charge on any atom is -0.292 e. The van der Waals surface area contributed by atoms with Crippen molar-refractivity contribution in [2.24, 2.45) is 5.92 Å². The third-order valence-corrected chi connectivity index (χ3v) is 5.78. The molecular weight excluding hydrogens is 358 g/mol. The van der Waals surface area contributed by atoms with Crippen LogP contribution in [0.25, 0.3) is 6.08 Å². The molecule has 2 aliphatic rings. The van der Waals surface area contributed by atoms with E-state index in [9.17, 15) is 13.6 Å². The minimum atomic E-state index is -0.874. The van der Waals surface area contributed by atoms with Gasteiger partial charge in [0.25, 0.3) is 0 Å². The molecule has 2 aromatic carbocycles. The number of fused-ring (bicyclic) bond motifs is 1. The van der Waals surface area contributed by atoms with E-state index in [1.807, 2.05) is 42.5 Å². The van der Waals surface area contributed by atoms with Crippen LogP contribution >= 0.6 is 0 Å². The Morgan fingerprint density at radius 1 is 1.04 bits per heavy atom. The lowest BCUT2D eigenvalue weighted by atomic mass is 9.68. The molecule has 0 bridgehead atoms. The highest BCUT2D eigenvalue weighted by atomic mass is 19.2. The first-order valence-electron chi connectivity index (χ1n) is 9.40. The Balaban J connectivity index is 1.65. The van der Waals surface area contributed by atoms with Crippen LogP contribution < -0.4 is 0 Å². The molecule has 1 heterocycles. The van der Waals surface area contributed by atoms with Gasteiger partial charge in [-0.3, -0.25) is 9.89 Å². The Hall–Kier alpha value is -3.08. The van der Waals surface area contributed by atoms with E-state index in [0.717, 1.165) is 35.7 Å². The summed E-state index contributed by atoms with van der Waals surface area (Å²) in [6, 6.07) is 13.8. The number of carbonyl (C=O) groups excluding carboxylic acids is 1. The number of Topliss-reactive ketones (excluding diaryl/α,β-unsaturated/α-hetero) is 1. The SMILES string of the molecule is O=C(c1n[nH]c2c1C=CC(c1ccccc1)(c1ccc(F)c(F)c1)C2)C1CC1. The summed E-state index contributed by atoms with van der Waals surface area (Å²) in [7, 11) is 0. The molecule has 28 heavy (non-hydrogen) atoms. The van der Waals surface area contributed by atoms with Gasteiger partial charge in [-0.05, 0) is 36.1 Å². The largest absolute Gasteiger partial charge is 0.292 e. The summed E-state index contributed by atoms with van der Waals surface area (Å²) in [5.41, 5.74) is 3.08. The predicted molar refractivity (Wildman–Crippen MR) is 102 cm³/mol. The number of aromatic amines is 1. The summed E-state index contributed by atoms with van der Waals surface area (Å²) in [6.07, 6.45) is 6.21. The Kier molecular flexibility index (Phi) is 3.79. The van der Waals surface area contributed by atoms with E-state index in [1.54, 1.807) is 6.07 Å². The fourth-order valence-electron chi connectivity index (χ4n) is 4.06.